The molecule has 0 unspecified atom stereocenters. The number of pyridine rings is 1. The van der Waals surface area contributed by atoms with E-state index in [0.29, 0.717) is 11.6 Å². The van der Waals surface area contributed by atoms with Crippen LogP contribution in [-0.2, 0) is 6.42 Å². The van der Waals surface area contributed by atoms with Crippen molar-refractivity contribution in [2.45, 2.75) is 13.3 Å². The number of benzene rings is 1. The molecule has 90 valence electrons. The van der Waals surface area contributed by atoms with Gasteiger partial charge in [0.15, 0.2) is 5.58 Å². The number of aromatic nitrogens is 2. The minimum absolute atomic E-state index is 0.604. The molecule has 0 fully saturated rings. The van der Waals surface area contributed by atoms with E-state index in [1.807, 2.05) is 24.3 Å². The summed E-state index contributed by atoms with van der Waals surface area (Å²) >= 11 is 0. The highest BCUT2D eigenvalue weighted by atomic mass is 16.3. The third kappa shape index (κ3) is 1.72. The molecule has 4 heteroatoms. The van der Waals surface area contributed by atoms with Gasteiger partial charge in [-0.2, -0.15) is 0 Å². The number of fused-ring (bicyclic) bond motifs is 1. The van der Waals surface area contributed by atoms with Gasteiger partial charge in [-0.25, -0.2) is 4.98 Å². The number of hydrogen-bond acceptors (Lipinski definition) is 4. The van der Waals surface area contributed by atoms with Crippen LogP contribution in [0.5, 0.6) is 0 Å². The first-order valence-electron chi connectivity index (χ1n) is 5.87. The second-order valence-electron chi connectivity index (χ2n) is 4.14. The van der Waals surface area contributed by atoms with E-state index in [9.17, 15) is 0 Å². The maximum Gasteiger partial charge on any atom is 0.227 e. The van der Waals surface area contributed by atoms with E-state index in [4.69, 9.17) is 10.2 Å². The van der Waals surface area contributed by atoms with Crippen molar-refractivity contribution in [3.05, 3.63) is 42.2 Å². The van der Waals surface area contributed by atoms with Gasteiger partial charge < -0.3 is 10.2 Å². The fourth-order valence-corrected chi connectivity index (χ4v) is 2.01. The summed E-state index contributed by atoms with van der Waals surface area (Å²) in [5.41, 5.74) is 10.2. The molecule has 0 amide bonds. The Balaban J connectivity index is 2.23. The van der Waals surface area contributed by atoms with Crippen molar-refractivity contribution in [2.75, 3.05) is 5.73 Å². The Morgan fingerprint density at radius 1 is 1.22 bits per heavy atom. The quantitative estimate of drug-likeness (QED) is 0.698. The molecule has 0 bridgehead atoms. The van der Waals surface area contributed by atoms with E-state index in [-0.39, 0.29) is 0 Å². The van der Waals surface area contributed by atoms with E-state index in [1.165, 1.54) is 0 Å². The Morgan fingerprint density at radius 2 is 2.00 bits per heavy atom. The van der Waals surface area contributed by atoms with Crippen molar-refractivity contribution in [1.82, 2.24) is 9.97 Å². The van der Waals surface area contributed by atoms with Gasteiger partial charge in [0.05, 0.1) is 0 Å². The van der Waals surface area contributed by atoms with E-state index in [1.54, 1.807) is 12.4 Å². The van der Waals surface area contributed by atoms with Crippen molar-refractivity contribution in [1.29, 1.82) is 0 Å². The Morgan fingerprint density at radius 3 is 2.72 bits per heavy atom. The number of aryl methyl sites for hydroxylation is 1. The number of hydrogen-bond donors (Lipinski definition) is 1. The predicted octanol–water partition coefficient (Wildman–Crippen LogP) is 3.03. The molecule has 2 N–H and O–H groups in total. The lowest BCUT2D eigenvalue weighted by atomic mass is 10.1. The number of rotatable bonds is 2. The van der Waals surface area contributed by atoms with Crippen LogP contribution in [0.25, 0.3) is 22.6 Å². The Kier molecular flexibility index (Phi) is 2.48. The third-order valence-corrected chi connectivity index (χ3v) is 2.90. The Labute approximate surface area is 104 Å². The first-order valence-corrected chi connectivity index (χ1v) is 5.87. The topological polar surface area (TPSA) is 64.9 Å². The molecule has 0 aliphatic rings. The summed E-state index contributed by atoms with van der Waals surface area (Å²) in [6, 6.07) is 7.52. The average molecular weight is 239 g/mol. The van der Waals surface area contributed by atoms with Crippen LogP contribution in [0.3, 0.4) is 0 Å². The summed E-state index contributed by atoms with van der Waals surface area (Å²) in [6.45, 7) is 2.07. The Bertz CT molecular complexity index is 689. The molecule has 0 saturated heterocycles. The summed E-state index contributed by atoms with van der Waals surface area (Å²) in [7, 11) is 0. The SMILES string of the molecule is CCc1cc(N)cc2nc(-c3ccncc3)oc12. The van der Waals surface area contributed by atoms with Crippen LogP contribution < -0.4 is 5.73 Å². The molecular formula is C14H13N3O. The van der Waals surface area contributed by atoms with Gasteiger partial charge in [0.2, 0.25) is 5.89 Å². The Hall–Kier alpha value is -2.36. The van der Waals surface area contributed by atoms with Crippen LogP contribution in [-0.4, -0.2) is 9.97 Å². The molecule has 1 aromatic carbocycles. The molecule has 2 heterocycles. The number of anilines is 1. The molecular weight excluding hydrogens is 226 g/mol. The van der Waals surface area contributed by atoms with Gasteiger partial charge in [-0.1, -0.05) is 6.92 Å². The fourth-order valence-electron chi connectivity index (χ4n) is 2.01. The standard InChI is InChI=1S/C14H13N3O/c1-2-9-7-11(15)8-12-13(9)18-14(17-12)10-3-5-16-6-4-10/h3-8H,2,15H2,1H3. The number of nitrogen functional groups attached to an aromatic ring is 1. The van der Waals surface area contributed by atoms with Gasteiger partial charge in [0, 0.05) is 23.6 Å². The third-order valence-electron chi connectivity index (χ3n) is 2.90. The van der Waals surface area contributed by atoms with Gasteiger partial charge in [-0.15, -0.1) is 0 Å². The van der Waals surface area contributed by atoms with Crippen LogP contribution in [0.2, 0.25) is 0 Å². The minimum Gasteiger partial charge on any atom is -0.436 e. The highest BCUT2D eigenvalue weighted by Gasteiger charge is 2.11. The maximum atomic E-state index is 5.86. The van der Waals surface area contributed by atoms with Gasteiger partial charge in [0.25, 0.3) is 0 Å². The highest BCUT2D eigenvalue weighted by molar-refractivity contribution is 5.82. The first kappa shape index (κ1) is 10.8. The van der Waals surface area contributed by atoms with Gasteiger partial charge in [-0.3, -0.25) is 4.98 Å². The van der Waals surface area contributed by atoms with E-state index < -0.39 is 0 Å². The lowest BCUT2D eigenvalue weighted by molar-refractivity contribution is 0.615. The van der Waals surface area contributed by atoms with Gasteiger partial charge in [-0.05, 0) is 36.2 Å². The van der Waals surface area contributed by atoms with Gasteiger partial charge in [0.1, 0.15) is 5.52 Å². The van der Waals surface area contributed by atoms with Crippen LogP contribution in [0.15, 0.2) is 41.1 Å². The normalized spacial score (nSPS) is 10.9. The number of oxazole rings is 1. The molecule has 0 aliphatic heterocycles. The van der Waals surface area contributed by atoms with Crippen LogP contribution in [0.1, 0.15) is 12.5 Å². The monoisotopic (exact) mass is 239 g/mol. The van der Waals surface area contributed by atoms with Crippen LogP contribution in [0.4, 0.5) is 5.69 Å². The highest BCUT2D eigenvalue weighted by Crippen LogP contribution is 2.28. The van der Waals surface area contributed by atoms with Crippen LogP contribution >= 0.6 is 0 Å². The second kappa shape index (κ2) is 4.14. The largest absolute Gasteiger partial charge is 0.436 e. The summed E-state index contributed by atoms with van der Waals surface area (Å²) in [5.74, 6) is 0.604. The minimum atomic E-state index is 0.604. The molecule has 0 atom stereocenters. The molecule has 0 spiro atoms. The van der Waals surface area contributed by atoms with E-state index >= 15 is 0 Å². The fraction of sp³-hybridized carbons (Fsp3) is 0.143. The van der Waals surface area contributed by atoms with Crippen molar-refractivity contribution in [2.24, 2.45) is 0 Å². The van der Waals surface area contributed by atoms with E-state index in [2.05, 4.69) is 16.9 Å². The lowest BCUT2D eigenvalue weighted by Crippen LogP contribution is -1.88. The molecule has 2 aromatic heterocycles. The summed E-state index contributed by atoms with van der Waals surface area (Å²) in [4.78, 5) is 8.46. The van der Waals surface area contributed by atoms with Crippen molar-refractivity contribution >= 4 is 16.8 Å². The summed E-state index contributed by atoms with van der Waals surface area (Å²) < 4.78 is 5.84. The van der Waals surface area contributed by atoms with Crippen molar-refractivity contribution in [3.8, 4) is 11.5 Å². The maximum absolute atomic E-state index is 5.86. The molecule has 0 saturated carbocycles. The second-order valence-corrected chi connectivity index (χ2v) is 4.14. The molecule has 0 radical (unpaired) electrons. The number of nitrogens with zero attached hydrogens (tertiary/aromatic N) is 2. The summed E-state index contributed by atoms with van der Waals surface area (Å²) in [6.07, 6.45) is 4.31. The average Bonchev–Trinajstić information content (AvgIpc) is 2.82. The lowest BCUT2D eigenvalue weighted by Gasteiger charge is -1.98. The van der Waals surface area contributed by atoms with Crippen molar-refractivity contribution < 1.29 is 4.42 Å². The summed E-state index contributed by atoms with van der Waals surface area (Å²) in [5, 5.41) is 0. The molecule has 3 aromatic rings. The zero-order valence-corrected chi connectivity index (χ0v) is 10.1. The zero-order chi connectivity index (χ0) is 12.5. The molecule has 3 rings (SSSR count). The zero-order valence-electron chi connectivity index (χ0n) is 10.1. The predicted molar refractivity (Wildman–Crippen MR) is 71.0 cm³/mol. The van der Waals surface area contributed by atoms with Gasteiger partial charge >= 0.3 is 0 Å². The smallest absolute Gasteiger partial charge is 0.227 e. The molecule has 18 heavy (non-hydrogen) atoms. The first-order chi connectivity index (χ1) is 8.78. The molecule has 0 aliphatic carbocycles. The number of nitrogens with two attached hydrogens (primary N) is 1. The van der Waals surface area contributed by atoms with Crippen LogP contribution in [0, 0.1) is 0 Å². The molecule has 4 nitrogen and oxygen atoms in total. The van der Waals surface area contributed by atoms with Crippen molar-refractivity contribution in [3.63, 3.8) is 0 Å². The van der Waals surface area contributed by atoms with E-state index in [0.717, 1.165) is 28.6 Å².